The standard InChI is InChI=1S/C22H29N3O3S/c1-24-13-15-25(16-14-24)21-11-9-20(10-12-21)23-22(26)18-29(27,28)17-5-8-19-6-3-2-4-7-19/h2-4,6-7,9-12H,5,8,13-18H2,1H3,(H,23,26). The molecule has 1 aliphatic heterocycles. The van der Waals surface area contributed by atoms with Crippen LogP contribution in [0.3, 0.4) is 0 Å². The zero-order chi connectivity index (χ0) is 20.7. The lowest BCUT2D eigenvalue weighted by Crippen LogP contribution is -2.44. The average Bonchev–Trinajstić information content (AvgIpc) is 2.69. The van der Waals surface area contributed by atoms with E-state index in [0.29, 0.717) is 18.5 Å². The van der Waals surface area contributed by atoms with Gasteiger partial charge >= 0.3 is 0 Å². The van der Waals surface area contributed by atoms with Gasteiger partial charge in [0.05, 0.1) is 5.75 Å². The fourth-order valence-electron chi connectivity index (χ4n) is 3.43. The van der Waals surface area contributed by atoms with E-state index in [1.54, 1.807) is 0 Å². The zero-order valence-electron chi connectivity index (χ0n) is 16.9. The summed E-state index contributed by atoms with van der Waals surface area (Å²) in [6.07, 6.45) is 1.20. The van der Waals surface area contributed by atoms with Crippen molar-refractivity contribution in [2.45, 2.75) is 12.8 Å². The van der Waals surface area contributed by atoms with Gasteiger partial charge in [-0.3, -0.25) is 4.79 Å². The quantitative estimate of drug-likeness (QED) is 0.717. The minimum absolute atomic E-state index is 0.0116. The number of hydrogen-bond donors (Lipinski definition) is 1. The van der Waals surface area contributed by atoms with Gasteiger partial charge in [-0.1, -0.05) is 30.3 Å². The Morgan fingerprint density at radius 1 is 0.966 bits per heavy atom. The van der Waals surface area contributed by atoms with E-state index in [1.807, 2.05) is 54.6 Å². The second-order valence-electron chi connectivity index (χ2n) is 7.57. The van der Waals surface area contributed by atoms with E-state index in [4.69, 9.17) is 0 Å². The van der Waals surface area contributed by atoms with Crippen LogP contribution in [0.2, 0.25) is 0 Å². The monoisotopic (exact) mass is 415 g/mol. The molecule has 0 radical (unpaired) electrons. The molecule has 1 fully saturated rings. The molecule has 0 aromatic heterocycles. The van der Waals surface area contributed by atoms with Gasteiger partial charge in [-0.15, -0.1) is 0 Å². The van der Waals surface area contributed by atoms with Crippen LogP contribution in [0.25, 0.3) is 0 Å². The molecule has 2 aromatic carbocycles. The number of hydrogen-bond acceptors (Lipinski definition) is 5. The molecule has 29 heavy (non-hydrogen) atoms. The van der Waals surface area contributed by atoms with Crippen molar-refractivity contribution in [1.82, 2.24) is 4.90 Å². The number of amides is 1. The summed E-state index contributed by atoms with van der Waals surface area (Å²) in [7, 11) is -1.31. The first-order chi connectivity index (χ1) is 13.9. The molecule has 6 nitrogen and oxygen atoms in total. The van der Waals surface area contributed by atoms with Crippen LogP contribution in [0.1, 0.15) is 12.0 Å². The molecule has 0 unspecified atom stereocenters. The summed E-state index contributed by atoms with van der Waals surface area (Å²) in [5.41, 5.74) is 2.84. The second kappa shape index (κ2) is 9.89. The van der Waals surface area contributed by atoms with Gasteiger partial charge in [0, 0.05) is 37.6 Å². The third-order valence-electron chi connectivity index (χ3n) is 5.13. The van der Waals surface area contributed by atoms with E-state index in [-0.39, 0.29) is 5.75 Å². The first-order valence-corrected chi connectivity index (χ1v) is 11.8. The van der Waals surface area contributed by atoms with Gasteiger partial charge in [-0.05, 0) is 49.7 Å². The Kier molecular flexibility index (Phi) is 7.28. The van der Waals surface area contributed by atoms with Crippen LogP contribution in [0.15, 0.2) is 54.6 Å². The summed E-state index contributed by atoms with van der Waals surface area (Å²) in [4.78, 5) is 16.8. The van der Waals surface area contributed by atoms with Crippen molar-refractivity contribution < 1.29 is 13.2 Å². The first kappa shape index (κ1) is 21.3. The van der Waals surface area contributed by atoms with Crippen LogP contribution in [-0.2, 0) is 21.1 Å². The molecule has 0 atom stereocenters. The van der Waals surface area contributed by atoms with E-state index in [0.717, 1.165) is 37.4 Å². The van der Waals surface area contributed by atoms with Gasteiger partial charge in [0.1, 0.15) is 5.75 Å². The molecule has 1 N–H and O–H groups in total. The van der Waals surface area contributed by atoms with Gasteiger partial charge < -0.3 is 15.1 Å². The predicted molar refractivity (Wildman–Crippen MR) is 118 cm³/mol. The highest BCUT2D eigenvalue weighted by molar-refractivity contribution is 7.92. The Bertz CT molecular complexity index is 891. The minimum atomic E-state index is -3.43. The van der Waals surface area contributed by atoms with Crippen molar-refractivity contribution in [2.24, 2.45) is 0 Å². The number of piperazine rings is 1. The summed E-state index contributed by atoms with van der Waals surface area (Å²) in [5.74, 6) is -0.961. The predicted octanol–water partition coefficient (Wildman–Crippen LogP) is 2.42. The number of benzene rings is 2. The second-order valence-corrected chi connectivity index (χ2v) is 9.75. The lowest BCUT2D eigenvalue weighted by atomic mass is 10.1. The summed E-state index contributed by atoms with van der Waals surface area (Å²) >= 11 is 0. The molecular weight excluding hydrogens is 386 g/mol. The topological polar surface area (TPSA) is 69.7 Å². The van der Waals surface area contributed by atoms with Crippen molar-refractivity contribution in [3.05, 3.63) is 60.2 Å². The Hall–Kier alpha value is -2.38. The summed E-state index contributed by atoms with van der Waals surface area (Å²) in [6, 6.07) is 17.4. The van der Waals surface area contributed by atoms with E-state index >= 15 is 0 Å². The van der Waals surface area contributed by atoms with Crippen LogP contribution in [0.5, 0.6) is 0 Å². The van der Waals surface area contributed by atoms with Gasteiger partial charge in [0.2, 0.25) is 5.91 Å². The van der Waals surface area contributed by atoms with Gasteiger partial charge in [-0.25, -0.2) is 8.42 Å². The van der Waals surface area contributed by atoms with E-state index in [2.05, 4.69) is 22.2 Å². The molecule has 0 aliphatic carbocycles. The highest BCUT2D eigenvalue weighted by Gasteiger charge is 2.17. The van der Waals surface area contributed by atoms with Crippen molar-refractivity contribution in [3.63, 3.8) is 0 Å². The number of aryl methyl sites for hydroxylation is 1. The number of carbonyl (C=O) groups excluding carboxylic acids is 1. The Morgan fingerprint density at radius 3 is 2.28 bits per heavy atom. The number of rotatable bonds is 8. The Balaban J connectivity index is 1.45. The van der Waals surface area contributed by atoms with Crippen LogP contribution < -0.4 is 10.2 Å². The smallest absolute Gasteiger partial charge is 0.239 e. The molecule has 1 amide bonds. The van der Waals surface area contributed by atoms with Gasteiger partial charge in [-0.2, -0.15) is 0 Å². The molecular formula is C22H29N3O3S. The summed E-state index contributed by atoms with van der Waals surface area (Å²) in [6.45, 7) is 4.01. The number of sulfone groups is 1. The van der Waals surface area contributed by atoms with E-state index in [9.17, 15) is 13.2 Å². The van der Waals surface area contributed by atoms with Crippen molar-refractivity contribution in [2.75, 3.05) is 54.9 Å². The Morgan fingerprint density at radius 2 is 1.62 bits per heavy atom. The van der Waals surface area contributed by atoms with E-state index in [1.165, 1.54) is 0 Å². The molecule has 0 saturated carbocycles. The summed E-state index contributed by atoms with van der Waals surface area (Å²) in [5, 5.41) is 2.70. The van der Waals surface area contributed by atoms with Crippen LogP contribution in [0.4, 0.5) is 11.4 Å². The number of nitrogens with one attached hydrogen (secondary N) is 1. The highest BCUT2D eigenvalue weighted by atomic mass is 32.2. The normalized spacial score (nSPS) is 15.3. The number of carbonyl (C=O) groups is 1. The maximum Gasteiger partial charge on any atom is 0.239 e. The maximum atomic E-state index is 12.2. The molecule has 3 rings (SSSR count). The fraction of sp³-hybridized carbons (Fsp3) is 0.409. The van der Waals surface area contributed by atoms with Crippen molar-refractivity contribution >= 4 is 27.1 Å². The van der Waals surface area contributed by atoms with Crippen LogP contribution >= 0.6 is 0 Å². The molecule has 1 saturated heterocycles. The van der Waals surface area contributed by atoms with E-state index < -0.39 is 21.5 Å². The van der Waals surface area contributed by atoms with Gasteiger partial charge in [0.25, 0.3) is 0 Å². The van der Waals surface area contributed by atoms with Crippen LogP contribution in [-0.4, -0.2) is 64.0 Å². The van der Waals surface area contributed by atoms with Crippen LogP contribution in [0, 0.1) is 0 Å². The number of anilines is 2. The molecule has 0 spiro atoms. The number of nitrogens with zero attached hydrogens (tertiary/aromatic N) is 2. The third-order valence-corrected chi connectivity index (χ3v) is 6.75. The maximum absolute atomic E-state index is 12.2. The highest BCUT2D eigenvalue weighted by Crippen LogP contribution is 2.19. The molecule has 2 aromatic rings. The lowest BCUT2D eigenvalue weighted by Gasteiger charge is -2.34. The first-order valence-electron chi connectivity index (χ1n) is 9.99. The average molecular weight is 416 g/mol. The van der Waals surface area contributed by atoms with Crippen molar-refractivity contribution in [1.29, 1.82) is 0 Å². The molecule has 1 heterocycles. The molecule has 0 bridgehead atoms. The Labute approximate surface area is 173 Å². The molecule has 156 valence electrons. The fourth-order valence-corrected chi connectivity index (χ4v) is 4.63. The number of likely N-dealkylation sites (N-methyl/N-ethyl adjacent to an activating group) is 1. The molecule has 1 aliphatic rings. The molecule has 7 heteroatoms. The minimum Gasteiger partial charge on any atom is -0.369 e. The summed E-state index contributed by atoms with van der Waals surface area (Å²) < 4.78 is 24.5. The van der Waals surface area contributed by atoms with Crippen molar-refractivity contribution in [3.8, 4) is 0 Å². The SMILES string of the molecule is CN1CCN(c2ccc(NC(=O)CS(=O)(=O)CCCc3ccccc3)cc2)CC1. The third kappa shape index (κ3) is 6.87. The zero-order valence-corrected chi connectivity index (χ0v) is 17.7. The lowest BCUT2D eigenvalue weighted by molar-refractivity contribution is -0.113. The van der Waals surface area contributed by atoms with Gasteiger partial charge in [0.15, 0.2) is 9.84 Å². The largest absolute Gasteiger partial charge is 0.369 e.